The summed E-state index contributed by atoms with van der Waals surface area (Å²) < 4.78 is 0. The van der Waals surface area contributed by atoms with Crippen LogP contribution in [0.5, 0.6) is 0 Å². The SMILES string of the molecule is c1ccc2c(C[NH+]3CC[NH+](Cc4c[nH]c5ccccc45)CC3)cccc2c1. The van der Waals surface area contributed by atoms with Gasteiger partial charge in [0.15, 0.2) is 0 Å². The van der Waals surface area contributed by atoms with Gasteiger partial charge in [-0.1, -0.05) is 60.7 Å². The minimum absolute atomic E-state index is 1.13. The van der Waals surface area contributed by atoms with E-state index in [1.54, 1.807) is 9.80 Å². The highest BCUT2D eigenvalue weighted by atomic mass is 15.3. The smallest absolute Gasteiger partial charge is 0.127 e. The van der Waals surface area contributed by atoms with Crippen molar-refractivity contribution < 1.29 is 9.80 Å². The van der Waals surface area contributed by atoms with Crippen LogP contribution in [-0.4, -0.2) is 31.2 Å². The highest BCUT2D eigenvalue weighted by Gasteiger charge is 2.24. The zero-order valence-corrected chi connectivity index (χ0v) is 15.7. The predicted molar refractivity (Wildman–Crippen MR) is 111 cm³/mol. The molecule has 0 spiro atoms. The van der Waals surface area contributed by atoms with Crippen molar-refractivity contribution in [2.45, 2.75) is 13.1 Å². The van der Waals surface area contributed by atoms with Crippen molar-refractivity contribution >= 4 is 21.7 Å². The van der Waals surface area contributed by atoms with Crippen LogP contribution in [0.2, 0.25) is 0 Å². The Morgan fingerprint density at radius 3 is 2.07 bits per heavy atom. The van der Waals surface area contributed by atoms with E-state index >= 15 is 0 Å². The maximum absolute atomic E-state index is 3.42. The van der Waals surface area contributed by atoms with Gasteiger partial charge >= 0.3 is 0 Å². The summed E-state index contributed by atoms with van der Waals surface area (Å²) in [5, 5.41) is 4.16. The number of aromatic nitrogens is 1. The normalized spacial score (nSPS) is 20.3. The average molecular weight is 358 g/mol. The molecule has 0 bridgehead atoms. The summed E-state index contributed by atoms with van der Waals surface area (Å²) >= 11 is 0. The second-order valence-electron chi connectivity index (χ2n) is 7.85. The molecule has 136 valence electrons. The van der Waals surface area contributed by atoms with Crippen LogP contribution in [0.1, 0.15) is 11.1 Å². The van der Waals surface area contributed by atoms with Gasteiger partial charge in [0.05, 0.1) is 0 Å². The standard InChI is InChI=1S/C24H25N3/c1-2-9-22-19(6-1)7-5-8-20(22)17-26-12-14-27(15-13-26)18-21-16-25-24-11-4-3-10-23(21)24/h1-11,16,25H,12-15,17-18H2/p+2. The summed E-state index contributed by atoms with van der Waals surface area (Å²) in [4.78, 5) is 6.84. The quantitative estimate of drug-likeness (QED) is 0.496. The van der Waals surface area contributed by atoms with Gasteiger partial charge in [0.2, 0.25) is 0 Å². The topological polar surface area (TPSA) is 24.7 Å². The Morgan fingerprint density at radius 2 is 1.26 bits per heavy atom. The van der Waals surface area contributed by atoms with Crippen LogP contribution in [0.3, 0.4) is 0 Å². The zero-order chi connectivity index (χ0) is 18.1. The van der Waals surface area contributed by atoms with E-state index in [9.17, 15) is 0 Å². The molecule has 1 saturated heterocycles. The van der Waals surface area contributed by atoms with Gasteiger partial charge in [-0.2, -0.15) is 0 Å². The Labute approximate surface area is 160 Å². The number of quaternary nitrogens is 2. The molecule has 1 aliphatic heterocycles. The Morgan fingerprint density at radius 1 is 0.630 bits per heavy atom. The van der Waals surface area contributed by atoms with E-state index in [4.69, 9.17) is 0 Å². The second-order valence-corrected chi connectivity index (χ2v) is 7.85. The molecule has 3 N–H and O–H groups in total. The molecule has 2 heterocycles. The van der Waals surface area contributed by atoms with Crippen molar-refractivity contribution in [2.75, 3.05) is 26.2 Å². The number of aromatic amines is 1. The minimum atomic E-state index is 1.13. The number of fused-ring (bicyclic) bond motifs is 2. The van der Waals surface area contributed by atoms with Crippen molar-refractivity contribution in [1.29, 1.82) is 0 Å². The van der Waals surface area contributed by atoms with E-state index in [0.29, 0.717) is 0 Å². The lowest BCUT2D eigenvalue weighted by Crippen LogP contribution is -3.27. The summed E-state index contributed by atoms with van der Waals surface area (Å²) in [6, 6.07) is 24.2. The highest BCUT2D eigenvalue weighted by Crippen LogP contribution is 2.18. The molecule has 3 aromatic carbocycles. The number of hydrogen-bond acceptors (Lipinski definition) is 0. The van der Waals surface area contributed by atoms with E-state index in [1.807, 2.05) is 0 Å². The van der Waals surface area contributed by atoms with E-state index in [1.165, 1.54) is 59.0 Å². The molecule has 0 saturated carbocycles. The lowest BCUT2D eigenvalue weighted by Gasteiger charge is -2.30. The molecule has 5 rings (SSSR count). The summed E-state index contributed by atoms with van der Waals surface area (Å²) in [6.45, 7) is 7.27. The third-order valence-electron chi connectivity index (χ3n) is 6.10. The van der Waals surface area contributed by atoms with Gasteiger partial charge in [-0.25, -0.2) is 0 Å². The van der Waals surface area contributed by atoms with E-state index in [2.05, 4.69) is 77.9 Å². The summed E-state index contributed by atoms with van der Waals surface area (Å²) in [7, 11) is 0. The second kappa shape index (κ2) is 7.18. The van der Waals surface area contributed by atoms with Crippen LogP contribution in [0.25, 0.3) is 21.7 Å². The fraction of sp³-hybridized carbons (Fsp3) is 0.250. The first-order valence-corrected chi connectivity index (χ1v) is 10.1. The molecule has 0 radical (unpaired) electrons. The van der Waals surface area contributed by atoms with Crippen molar-refractivity contribution in [1.82, 2.24) is 4.98 Å². The zero-order valence-electron chi connectivity index (χ0n) is 15.7. The molecule has 0 amide bonds. The van der Waals surface area contributed by atoms with Gasteiger partial charge < -0.3 is 14.8 Å². The molecule has 0 aliphatic carbocycles. The van der Waals surface area contributed by atoms with E-state index < -0.39 is 0 Å². The Bertz CT molecular complexity index is 1050. The van der Waals surface area contributed by atoms with E-state index in [-0.39, 0.29) is 0 Å². The van der Waals surface area contributed by atoms with Gasteiger partial charge in [0, 0.05) is 28.2 Å². The van der Waals surface area contributed by atoms with Crippen molar-refractivity contribution in [3.63, 3.8) is 0 Å². The molecule has 3 nitrogen and oxygen atoms in total. The van der Waals surface area contributed by atoms with Crippen LogP contribution in [-0.2, 0) is 13.1 Å². The van der Waals surface area contributed by atoms with Crippen molar-refractivity contribution in [2.24, 2.45) is 0 Å². The molecular formula is C24H27N3+2. The number of nitrogens with one attached hydrogen (secondary N) is 3. The van der Waals surface area contributed by atoms with Crippen LogP contribution in [0.15, 0.2) is 72.9 Å². The summed E-state index contributed by atoms with van der Waals surface area (Å²) in [6.07, 6.45) is 2.20. The van der Waals surface area contributed by atoms with Crippen molar-refractivity contribution in [3.05, 3.63) is 84.1 Å². The number of para-hydroxylation sites is 1. The van der Waals surface area contributed by atoms with Crippen LogP contribution in [0.4, 0.5) is 0 Å². The van der Waals surface area contributed by atoms with Crippen LogP contribution >= 0.6 is 0 Å². The lowest BCUT2D eigenvalue weighted by molar-refractivity contribution is -1.02. The molecule has 0 unspecified atom stereocenters. The molecule has 3 heteroatoms. The third kappa shape index (κ3) is 3.36. The number of piperazine rings is 1. The van der Waals surface area contributed by atoms with Crippen molar-refractivity contribution in [3.8, 4) is 0 Å². The van der Waals surface area contributed by atoms with Gasteiger partial charge in [-0.15, -0.1) is 0 Å². The third-order valence-corrected chi connectivity index (χ3v) is 6.10. The highest BCUT2D eigenvalue weighted by molar-refractivity contribution is 5.85. The van der Waals surface area contributed by atoms with Gasteiger partial charge in [0.25, 0.3) is 0 Å². The lowest BCUT2D eigenvalue weighted by atomic mass is 10.0. The number of hydrogen-bond donors (Lipinski definition) is 3. The molecular weight excluding hydrogens is 330 g/mol. The Balaban J connectivity index is 1.24. The molecule has 4 aromatic rings. The van der Waals surface area contributed by atoms with Gasteiger partial charge in [-0.05, 0) is 16.8 Å². The molecule has 1 aromatic heterocycles. The molecule has 0 atom stereocenters. The maximum Gasteiger partial charge on any atom is 0.127 e. The summed E-state index contributed by atoms with van der Waals surface area (Å²) in [5.41, 5.74) is 4.20. The fourth-order valence-electron chi connectivity index (χ4n) is 4.57. The van der Waals surface area contributed by atoms with Gasteiger partial charge in [-0.3, -0.25) is 0 Å². The maximum atomic E-state index is 3.42. The molecule has 1 aliphatic rings. The molecule has 27 heavy (non-hydrogen) atoms. The first kappa shape index (κ1) is 16.5. The number of rotatable bonds is 4. The fourth-order valence-corrected chi connectivity index (χ4v) is 4.57. The largest absolute Gasteiger partial charge is 0.361 e. The van der Waals surface area contributed by atoms with Crippen LogP contribution in [0, 0.1) is 0 Å². The first-order chi connectivity index (χ1) is 13.4. The molecule has 1 fully saturated rings. The van der Waals surface area contributed by atoms with E-state index in [0.717, 1.165) is 13.1 Å². The Hall–Kier alpha value is -2.62. The minimum Gasteiger partial charge on any atom is -0.361 e. The number of benzene rings is 3. The number of H-pyrrole nitrogens is 1. The predicted octanol–water partition coefficient (Wildman–Crippen LogP) is 1.80. The van der Waals surface area contributed by atoms with Gasteiger partial charge in [0.1, 0.15) is 39.3 Å². The average Bonchev–Trinajstić information content (AvgIpc) is 3.13. The first-order valence-electron chi connectivity index (χ1n) is 10.1. The Kier molecular flexibility index (Phi) is 4.40. The van der Waals surface area contributed by atoms with Crippen LogP contribution < -0.4 is 9.80 Å². The monoisotopic (exact) mass is 357 g/mol. The summed E-state index contributed by atoms with van der Waals surface area (Å²) in [5.74, 6) is 0.